The average molecular weight is 134 g/mol. The van der Waals surface area contributed by atoms with Crippen LogP contribution in [-0.4, -0.2) is 6.04 Å². The molecule has 1 aromatic carbocycles. The van der Waals surface area contributed by atoms with Gasteiger partial charge in [0, 0.05) is 7.41 Å². The molecular weight excluding hydrogens is 122 g/mol. The molecule has 0 saturated heterocycles. The molecule has 0 aliphatic heterocycles. The predicted octanol–water partition coefficient (Wildman–Crippen LogP) is 1.11. The summed E-state index contributed by atoms with van der Waals surface area (Å²) < 4.78 is 7.69. The van der Waals surface area contributed by atoms with E-state index in [-0.39, 0.29) is 12.4 Å². The Kier molecular flexibility index (Phi) is 1.03. The molecule has 1 aromatic rings. The SMILES string of the molecule is [2H][C@H]1c2ccccc2CC1N. The van der Waals surface area contributed by atoms with E-state index in [1.807, 2.05) is 18.2 Å². The molecule has 52 valence electrons. The summed E-state index contributed by atoms with van der Waals surface area (Å²) >= 11 is 0. The third-order valence-corrected chi connectivity index (χ3v) is 1.90. The van der Waals surface area contributed by atoms with Crippen molar-refractivity contribution in [2.24, 2.45) is 5.73 Å². The maximum atomic E-state index is 7.69. The molecule has 0 fully saturated rings. The Morgan fingerprint density at radius 1 is 1.40 bits per heavy atom. The highest BCUT2D eigenvalue weighted by molar-refractivity contribution is 5.32. The van der Waals surface area contributed by atoms with Crippen molar-refractivity contribution in [3.63, 3.8) is 0 Å². The van der Waals surface area contributed by atoms with E-state index in [9.17, 15) is 0 Å². The number of nitrogens with two attached hydrogens (primary N) is 1. The molecule has 2 atom stereocenters. The van der Waals surface area contributed by atoms with Crippen LogP contribution in [0.3, 0.4) is 0 Å². The van der Waals surface area contributed by atoms with Gasteiger partial charge in [-0.25, -0.2) is 0 Å². The molecule has 10 heavy (non-hydrogen) atoms. The largest absolute Gasteiger partial charge is 0.327 e. The molecule has 1 aliphatic rings. The van der Waals surface area contributed by atoms with Crippen molar-refractivity contribution in [2.75, 3.05) is 0 Å². The molecule has 0 bridgehead atoms. The molecule has 1 nitrogen and oxygen atoms in total. The minimum Gasteiger partial charge on any atom is -0.327 e. The van der Waals surface area contributed by atoms with E-state index >= 15 is 0 Å². The first-order chi connectivity index (χ1) is 5.29. The summed E-state index contributed by atoms with van der Waals surface area (Å²) in [6, 6.07) is 8.04. The Morgan fingerprint density at radius 2 is 2.10 bits per heavy atom. The van der Waals surface area contributed by atoms with Crippen molar-refractivity contribution < 1.29 is 1.37 Å². The average Bonchev–Trinajstić information content (AvgIpc) is 2.30. The van der Waals surface area contributed by atoms with Gasteiger partial charge in [0.1, 0.15) is 0 Å². The second kappa shape index (κ2) is 2.10. The van der Waals surface area contributed by atoms with Crippen molar-refractivity contribution in [3.05, 3.63) is 35.4 Å². The van der Waals surface area contributed by atoms with Gasteiger partial charge in [-0.05, 0) is 23.9 Å². The van der Waals surface area contributed by atoms with Gasteiger partial charge >= 0.3 is 0 Å². The van der Waals surface area contributed by atoms with Crippen molar-refractivity contribution >= 4 is 0 Å². The maximum Gasteiger partial charge on any atom is 0.0332 e. The lowest BCUT2D eigenvalue weighted by atomic mass is 10.1. The fourth-order valence-corrected chi connectivity index (χ4v) is 1.43. The number of benzene rings is 1. The summed E-state index contributed by atoms with van der Waals surface area (Å²) in [5.41, 5.74) is 8.10. The van der Waals surface area contributed by atoms with Crippen LogP contribution in [0.15, 0.2) is 24.3 Å². The van der Waals surface area contributed by atoms with Crippen LogP contribution in [0.5, 0.6) is 0 Å². The van der Waals surface area contributed by atoms with Crippen LogP contribution in [0, 0.1) is 0 Å². The highest BCUT2D eigenvalue weighted by Gasteiger charge is 2.15. The lowest BCUT2D eigenvalue weighted by molar-refractivity contribution is 0.721. The molecule has 0 radical (unpaired) electrons. The zero-order valence-electron chi connectivity index (χ0n) is 6.75. The first-order valence-electron chi connectivity index (χ1n) is 4.12. The standard InChI is InChI=1S/C9H11N/c10-9-5-7-3-1-2-4-8(7)6-9/h1-4,9H,5-6,10H2/i5D/t5-,9?/m0/s1. The molecule has 0 spiro atoms. The van der Waals surface area contributed by atoms with Crippen molar-refractivity contribution in [1.29, 1.82) is 0 Å². The highest BCUT2D eigenvalue weighted by atomic mass is 14.6. The number of fused-ring (bicyclic) bond motifs is 1. The van der Waals surface area contributed by atoms with E-state index in [0.29, 0.717) is 0 Å². The molecule has 1 aliphatic carbocycles. The second-order valence-corrected chi connectivity index (χ2v) is 2.73. The Morgan fingerprint density at radius 3 is 2.80 bits per heavy atom. The number of rotatable bonds is 0. The third-order valence-electron chi connectivity index (χ3n) is 1.90. The van der Waals surface area contributed by atoms with Gasteiger partial charge in [0.15, 0.2) is 0 Å². The van der Waals surface area contributed by atoms with Crippen LogP contribution in [0.4, 0.5) is 0 Å². The molecule has 0 aromatic heterocycles. The monoisotopic (exact) mass is 134 g/mol. The van der Waals surface area contributed by atoms with Gasteiger partial charge in [0.25, 0.3) is 0 Å². The van der Waals surface area contributed by atoms with Crippen LogP contribution < -0.4 is 5.73 Å². The minimum atomic E-state index is -0.203. The molecule has 2 N–H and O–H groups in total. The molecular formula is C9H11N. The van der Waals surface area contributed by atoms with Gasteiger partial charge in [-0.3, -0.25) is 0 Å². The van der Waals surface area contributed by atoms with Crippen LogP contribution in [-0.2, 0) is 12.8 Å². The van der Waals surface area contributed by atoms with E-state index in [1.54, 1.807) is 0 Å². The van der Waals surface area contributed by atoms with Crippen LogP contribution in [0.25, 0.3) is 0 Å². The highest BCUT2D eigenvalue weighted by Crippen LogP contribution is 2.19. The Labute approximate surface area is 62.3 Å². The van der Waals surface area contributed by atoms with Gasteiger partial charge in [0.05, 0.1) is 0 Å². The zero-order valence-corrected chi connectivity index (χ0v) is 5.75. The maximum absolute atomic E-state index is 7.69. The summed E-state index contributed by atoms with van der Waals surface area (Å²) in [6.07, 6.45) is 0.663. The first kappa shape index (κ1) is 4.91. The molecule has 2 rings (SSSR count). The van der Waals surface area contributed by atoms with E-state index in [1.165, 1.54) is 5.56 Å². The molecule has 1 heteroatoms. The molecule has 1 unspecified atom stereocenters. The molecule has 0 heterocycles. The zero-order chi connectivity index (χ0) is 7.84. The minimum absolute atomic E-state index is 0.00685. The summed E-state index contributed by atoms with van der Waals surface area (Å²) in [4.78, 5) is 0. The summed E-state index contributed by atoms with van der Waals surface area (Å²) in [6.45, 7) is 0. The van der Waals surface area contributed by atoms with Gasteiger partial charge in [-0.15, -0.1) is 0 Å². The van der Waals surface area contributed by atoms with E-state index in [2.05, 4.69) is 6.07 Å². The van der Waals surface area contributed by atoms with E-state index < -0.39 is 0 Å². The summed E-state index contributed by atoms with van der Waals surface area (Å²) in [7, 11) is 0. The fourth-order valence-electron chi connectivity index (χ4n) is 1.43. The third kappa shape index (κ3) is 0.830. The quantitative estimate of drug-likeness (QED) is 0.565. The van der Waals surface area contributed by atoms with Gasteiger partial charge < -0.3 is 5.73 Å². The smallest absolute Gasteiger partial charge is 0.0332 e. The topological polar surface area (TPSA) is 26.0 Å². The molecule has 0 amide bonds. The Bertz CT molecular complexity index is 272. The summed E-state index contributed by atoms with van der Waals surface area (Å²) in [5.74, 6) is 0. The van der Waals surface area contributed by atoms with E-state index in [4.69, 9.17) is 7.10 Å². The number of hydrogen-bond acceptors (Lipinski definition) is 1. The normalized spacial score (nSPS) is 31.5. The molecule has 0 saturated carbocycles. The van der Waals surface area contributed by atoms with Crippen LogP contribution in [0.2, 0.25) is 0 Å². The van der Waals surface area contributed by atoms with Gasteiger partial charge in [-0.1, -0.05) is 24.3 Å². The van der Waals surface area contributed by atoms with Gasteiger partial charge in [-0.2, -0.15) is 0 Å². The van der Waals surface area contributed by atoms with Gasteiger partial charge in [0.2, 0.25) is 0 Å². The van der Waals surface area contributed by atoms with Crippen molar-refractivity contribution in [2.45, 2.75) is 18.9 Å². The Hall–Kier alpha value is -0.820. The lowest BCUT2D eigenvalue weighted by Gasteiger charge is -1.94. The number of hydrogen-bond donors (Lipinski definition) is 1. The lowest BCUT2D eigenvalue weighted by Crippen LogP contribution is -2.18. The second-order valence-electron chi connectivity index (χ2n) is 2.73. The predicted molar refractivity (Wildman–Crippen MR) is 41.8 cm³/mol. The van der Waals surface area contributed by atoms with Crippen LogP contribution >= 0.6 is 0 Å². The van der Waals surface area contributed by atoms with Crippen molar-refractivity contribution in [1.82, 2.24) is 0 Å². The Balaban J connectivity index is 2.47. The summed E-state index contributed by atoms with van der Waals surface area (Å²) in [5, 5.41) is 0. The van der Waals surface area contributed by atoms with Crippen molar-refractivity contribution in [3.8, 4) is 0 Å². The van der Waals surface area contributed by atoms with E-state index in [0.717, 1.165) is 12.0 Å². The fraction of sp³-hybridized carbons (Fsp3) is 0.333. The first-order valence-corrected chi connectivity index (χ1v) is 3.54. The van der Waals surface area contributed by atoms with Crippen LogP contribution in [0.1, 0.15) is 12.5 Å².